The Morgan fingerprint density at radius 1 is 1.25 bits per heavy atom. The van der Waals surface area contributed by atoms with Gasteiger partial charge in [-0.05, 0) is 55.1 Å². The van der Waals surface area contributed by atoms with Crippen LogP contribution >= 0.6 is 0 Å². The van der Waals surface area contributed by atoms with Crippen LogP contribution in [0.15, 0.2) is 24.5 Å². The Hall–Kier alpha value is -1.18. The molecule has 4 rings (SSSR count). The second-order valence-corrected chi connectivity index (χ2v) is 5.62. The summed E-state index contributed by atoms with van der Waals surface area (Å²) >= 11 is 0. The van der Waals surface area contributed by atoms with E-state index >= 15 is 0 Å². The Labute approximate surface area is 95.1 Å². The van der Waals surface area contributed by atoms with Gasteiger partial charge in [0.05, 0.1) is 0 Å². The summed E-state index contributed by atoms with van der Waals surface area (Å²) < 4.78 is 0. The van der Waals surface area contributed by atoms with E-state index in [1.54, 1.807) is 12.4 Å². The predicted octanol–water partition coefficient (Wildman–Crippen LogP) is 2.56. The summed E-state index contributed by atoms with van der Waals surface area (Å²) in [5.74, 6) is 3.95. The van der Waals surface area contributed by atoms with Gasteiger partial charge in [0.25, 0.3) is 0 Å². The van der Waals surface area contributed by atoms with Crippen molar-refractivity contribution in [1.82, 2.24) is 4.98 Å². The molecule has 3 saturated carbocycles. The smallest absolute Gasteiger partial charge is 0.168 e. The first-order valence-corrected chi connectivity index (χ1v) is 6.30. The van der Waals surface area contributed by atoms with Crippen molar-refractivity contribution >= 4 is 5.78 Å². The Morgan fingerprint density at radius 2 is 2.00 bits per heavy atom. The number of carbonyl (C=O) groups excluding carboxylic acids is 1. The molecule has 3 fully saturated rings. The van der Waals surface area contributed by atoms with E-state index in [0.717, 1.165) is 29.2 Å². The SMILES string of the molecule is O=C(c1cccnc1)C1C2C3CCC(C3)C12. The molecule has 3 aliphatic rings. The number of hydrogen-bond acceptors (Lipinski definition) is 2. The molecular weight excluding hydrogens is 198 g/mol. The molecule has 0 N–H and O–H groups in total. The summed E-state index contributed by atoms with van der Waals surface area (Å²) in [6, 6.07) is 3.77. The third-order valence-corrected chi connectivity index (χ3v) is 4.98. The van der Waals surface area contributed by atoms with Gasteiger partial charge in [0.1, 0.15) is 0 Å². The van der Waals surface area contributed by atoms with E-state index in [1.165, 1.54) is 19.3 Å². The van der Waals surface area contributed by atoms with Gasteiger partial charge < -0.3 is 0 Å². The van der Waals surface area contributed by atoms with Crippen LogP contribution in [0.1, 0.15) is 29.6 Å². The number of hydrogen-bond donors (Lipinski definition) is 0. The first-order valence-electron chi connectivity index (χ1n) is 6.30. The molecule has 0 amide bonds. The lowest BCUT2D eigenvalue weighted by Crippen LogP contribution is -2.10. The van der Waals surface area contributed by atoms with Gasteiger partial charge in [-0.3, -0.25) is 9.78 Å². The maximum Gasteiger partial charge on any atom is 0.168 e. The Morgan fingerprint density at radius 3 is 2.62 bits per heavy atom. The zero-order chi connectivity index (χ0) is 10.7. The van der Waals surface area contributed by atoms with E-state index in [4.69, 9.17) is 0 Å². The lowest BCUT2D eigenvalue weighted by molar-refractivity contribution is 0.0944. The van der Waals surface area contributed by atoms with Crippen molar-refractivity contribution in [2.24, 2.45) is 29.6 Å². The standard InChI is InChI=1S/C14H15NO/c16-14(10-2-1-5-15-7-10)13-11-8-3-4-9(6-8)12(11)13/h1-2,5,7-9,11-13H,3-4,6H2. The molecule has 82 valence electrons. The minimum atomic E-state index is 0.357. The van der Waals surface area contributed by atoms with E-state index in [0.29, 0.717) is 11.7 Å². The van der Waals surface area contributed by atoms with E-state index in [-0.39, 0.29) is 0 Å². The monoisotopic (exact) mass is 213 g/mol. The van der Waals surface area contributed by atoms with Crippen LogP contribution in [0.3, 0.4) is 0 Å². The molecule has 2 bridgehead atoms. The highest BCUT2D eigenvalue weighted by Crippen LogP contribution is 2.69. The molecular formula is C14H15NO. The van der Waals surface area contributed by atoms with Crippen LogP contribution < -0.4 is 0 Å². The largest absolute Gasteiger partial charge is 0.294 e. The van der Waals surface area contributed by atoms with Crippen molar-refractivity contribution in [3.63, 3.8) is 0 Å². The lowest BCUT2D eigenvalue weighted by atomic mass is 9.97. The number of nitrogens with zero attached hydrogens (tertiary/aromatic N) is 1. The van der Waals surface area contributed by atoms with Crippen molar-refractivity contribution < 1.29 is 4.79 Å². The summed E-state index contributed by atoms with van der Waals surface area (Å²) in [6.45, 7) is 0. The van der Waals surface area contributed by atoms with Crippen molar-refractivity contribution in [3.8, 4) is 0 Å². The van der Waals surface area contributed by atoms with E-state index in [9.17, 15) is 4.79 Å². The molecule has 16 heavy (non-hydrogen) atoms. The zero-order valence-electron chi connectivity index (χ0n) is 9.17. The van der Waals surface area contributed by atoms with E-state index < -0.39 is 0 Å². The zero-order valence-corrected chi connectivity index (χ0v) is 9.17. The molecule has 1 aromatic rings. The van der Waals surface area contributed by atoms with Crippen LogP contribution in [0.4, 0.5) is 0 Å². The summed E-state index contributed by atoms with van der Waals surface area (Å²) in [5.41, 5.74) is 0.821. The number of Topliss-reactive ketones (excluding diaryl/α,β-unsaturated/α-hetero) is 1. The number of rotatable bonds is 2. The fourth-order valence-corrected chi connectivity index (χ4v) is 4.38. The van der Waals surface area contributed by atoms with Gasteiger partial charge in [-0.1, -0.05) is 0 Å². The van der Waals surface area contributed by atoms with Crippen LogP contribution in [-0.2, 0) is 0 Å². The molecule has 3 aliphatic carbocycles. The third-order valence-electron chi connectivity index (χ3n) is 4.98. The second-order valence-electron chi connectivity index (χ2n) is 5.62. The molecule has 0 spiro atoms. The van der Waals surface area contributed by atoms with Crippen LogP contribution in [-0.4, -0.2) is 10.8 Å². The molecule has 2 nitrogen and oxygen atoms in total. The van der Waals surface area contributed by atoms with Crippen LogP contribution in [0.25, 0.3) is 0 Å². The van der Waals surface area contributed by atoms with Crippen LogP contribution in [0, 0.1) is 29.6 Å². The molecule has 4 unspecified atom stereocenters. The molecule has 0 saturated heterocycles. The Balaban J connectivity index is 1.60. The first kappa shape index (κ1) is 8.91. The van der Waals surface area contributed by atoms with Gasteiger partial charge >= 0.3 is 0 Å². The second kappa shape index (κ2) is 2.93. The fraction of sp³-hybridized carbons (Fsp3) is 0.571. The summed E-state index contributed by atoms with van der Waals surface area (Å²) in [5, 5.41) is 0. The summed E-state index contributed by atoms with van der Waals surface area (Å²) in [7, 11) is 0. The molecule has 0 aromatic carbocycles. The highest BCUT2D eigenvalue weighted by Gasteiger charge is 2.67. The summed E-state index contributed by atoms with van der Waals surface area (Å²) in [4.78, 5) is 16.3. The Kier molecular flexibility index (Phi) is 1.63. The molecule has 0 aliphatic heterocycles. The molecule has 0 radical (unpaired) electrons. The molecule has 1 aromatic heterocycles. The lowest BCUT2D eigenvalue weighted by Gasteiger charge is -2.07. The van der Waals surface area contributed by atoms with Gasteiger partial charge in [0.2, 0.25) is 0 Å². The first-order chi connectivity index (χ1) is 7.86. The minimum absolute atomic E-state index is 0.357. The van der Waals surface area contributed by atoms with Gasteiger partial charge in [0, 0.05) is 23.9 Å². The van der Waals surface area contributed by atoms with Gasteiger partial charge in [-0.2, -0.15) is 0 Å². The van der Waals surface area contributed by atoms with E-state index in [1.807, 2.05) is 12.1 Å². The highest BCUT2D eigenvalue weighted by molar-refractivity contribution is 6.00. The fourth-order valence-electron chi connectivity index (χ4n) is 4.38. The van der Waals surface area contributed by atoms with Crippen molar-refractivity contribution in [2.45, 2.75) is 19.3 Å². The van der Waals surface area contributed by atoms with Gasteiger partial charge in [0.15, 0.2) is 5.78 Å². The van der Waals surface area contributed by atoms with Crippen molar-refractivity contribution in [1.29, 1.82) is 0 Å². The van der Waals surface area contributed by atoms with Crippen LogP contribution in [0.2, 0.25) is 0 Å². The topological polar surface area (TPSA) is 30.0 Å². The van der Waals surface area contributed by atoms with Gasteiger partial charge in [-0.15, -0.1) is 0 Å². The number of ketones is 1. The normalized spacial score (nSPS) is 43.1. The average molecular weight is 213 g/mol. The number of pyridine rings is 1. The van der Waals surface area contributed by atoms with Gasteiger partial charge in [-0.25, -0.2) is 0 Å². The molecule has 1 heterocycles. The number of carbonyl (C=O) groups is 1. The van der Waals surface area contributed by atoms with Crippen LogP contribution in [0.5, 0.6) is 0 Å². The number of fused-ring (bicyclic) bond motifs is 5. The predicted molar refractivity (Wildman–Crippen MR) is 59.9 cm³/mol. The quantitative estimate of drug-likeness (QED) is 0.707. The summed E-state index contributed by atoms with van der Waals surface area (Å²) in [6.07, 6.45) is 7.62. The van der Waals surface area contributed by atoms with E-state index in [2.05, 4.69) is 4.98 Å². The van der Waals surface area contributed by atoms with Crippen molar-refractivity contribution in [3.05, 3.63) is 30.1 Å². The maximum absolute atomic E-state index is 12.3. The van der Waals surface area contributed by atoms with Crippen molar-refractivity contribution in [2.75, 3.05) is 0 Å². The minimum Gasteiger partial charge on any atom is -0.294 e. The third kappa shape index (κ3) is 1.02. The Bertz CT molecular complexity index is 425. The average Bonchev–Trinajstić information content (AvgIpc) is 2.77. The molecule has 4 atom stereocenters. The highest BCUT2D eigenvalue weighted by atomic mass is 16.1. The number of aromatic nitrogens is 1. The maximum atomic E-state index is 12.3. The molecule has 2 heteroatoms.